The second-order valence-electron chi connectivity index (χ2n) is 4.90. The van der Waals surface area contributed by atoms with Gasteiger partial charge in [-0.15, -0.1) is 11.8 Å². The summed E-state index contributed by atoms with van der Waals surface area (Å²) < 4.78 is 5.93. The van der Waals surface area contributed by atoms with Crippen molar-refractivity contribution in [3.63, 3.8) is 0 Å². The van der Waals surface area contributed by atoms with Gasteiger partial charge in [-0.05, 0) is 50.3 Å². The lowest BCUT2D eigenvalue weighted by Crippen LogP contribution is -2.17. The van der Waals surface area contributed by atoms with Gasteiger partial charge in [-0.2, -0.15) is 0 Å². The molecule has 106 valence electrons. The summed E-state index contributed by atoms with van der Waals surface area (Å²) in [5, 5.41) is 0. The lowest BCUT2D eigenvalue weighted by Gasteiger charge is -2.12. The molecule has 1 heterocycles. The van der Waals surface area contributed by atoms with Crippen LogP contribution in [0, 0.1) is 6.92 Å². The molecule has 1 atom stereocenters. The summed E-state index contributed by atoms with van der Waals surface area (Å²) in [5.74, 6) is 1.50. The number of nitrogens with two attached hydrogens (primary N) is 1. The molecule has 0 saturated carbocycles. The van der Waals surface area contributed by atoms with Gasteiger partial charge in [0.15, 0.2) is 0 Å². The van der Waals surface area contributed by atoms with Gasteiger partial charge in [-0.25, -0.2) is 4.98 Å². The van der Waals surface area contributed by atoms with Gasteiger partial charge in [-0.1, -0.05) is 12.1 Å². The van der Waals surface area contributed by atoms with E-state index in [1.807, 2.05) is 50.6 Å². The zero-order valence-corrected chi connectivity index (χ0v) is 12.9. The Bertz CT molecular complexity index is 584. The van der Waals surface area contributed by atoms with E-state index in [1.54, 1.807) is 11.8 Å². The molecule has 2 aromatic rings. The first-order valence-corrected chi connectivity index (χ1v) is 7.84. The maximum Gasteiger partial charge on any atom is 0.222 e. The highest BCUT2D eigenvalue weighted by atomic mass is 32.2. The highest BCUT2D eigenvalue weighted by Gasteiger charge is 2.08. The Hall–Kier alpha value is -1.52. The van der Waals surface area contributed by atoms with E-state index in [1.165, 1.54) is 0 Å². The molecule has 0 aliphatic carbocycles. The van der Waals surface area contributed by atoms with E-state index >= 15 is 0 Å². The number of pyridine rings is 1. The fraction of sp³-hybridized carbons (Fsp3) is 0.312. The van der Waals surface area contributed by atoms with E-state index in [4.69, 9.17) is 10.5 Å². The topological polar surface area (TPSA) is 48.1 Å². The average molecular weight is 288 g/mol. The fourth-order valence-corrected chi connectivity index (χ4v) is 2.54. The molecule has 1 aromatic heterocycles. The van der Waals surface area contributed by atoms with Crippen LogP contribution in [-0.2, 0) is 6.42 Å². The second-order valence-corrected chi connectivity index (χ2v) is 5.75. The molecule has 2 N–H and O–H groups in total. The standard InChI is InChI=1S/C16H20N2OS/c1-11-8-13(9-12(2)17)10-18-16(11)19-14-6-4-5-7-15(14)20-3/h4-8,10,12H,9,17H2,1-3H3. The van der Waals surface area contributed by atoms with E-state index in [0.717, 1.165) is 28.2 Å². The number of thioether (sulfide) groups is 1. The van der Waals surface area contributed by atoms with Crippen LogP contribution in [0.1, 0.15) is 18.1 Å². The maximum atomic E-state index is 5.93. The van der Waals surface area contributed by atoms with Crippen molar-refractivity contribution in [2.75, 3.05) is 6.26 Å². The first kappa shape index (κ1) is 14.9. The molecule has 0 bridgehead atoms. The summed E-state index contributed by atoms with van der Waals surface area (Å²) in [6.07, 6.45) is 4.71. The number of para-hydroxylation sites is 1. The largest absolute Gasteiger partial charge is 0.438 e. The Morgan fingerprint density at radius 2 is 2.10 bits per heavy atom. The highest BCUT2D eigenvalue weighted by molar-refractivity contribution is 7.98. The van der Waals surface area contributed by atoms with Crippen LogP contribution in [0.15, 0.2) is 41.4 Å². The Labute approximate surface area is 124 Å². The zero-order valence-electron chi connectivity index (χ0n) is 12.1. The molecular formula is C16H20N2OS. The first-order chi connectivity index (χ1) is 9.60. The van der Waals surface area contributed by atoms with Gasteiger partial charge >= 0.3 is 0 Å². The minimum absolute atomic E-state index is 0.139. The third-order valence-electron chi connectivity index (χ3n) is 2.92. The van der Waals surface area contributed by atoms with Gasteiger partial charge < -0.3 is 10.5 Å². The van der Waals surface area contributed by atoms with E-state index in [0.29, 0.717) is 5.88 Å². The van der Waals surface area contributed by atoms with Crippen LogP contribution in [0.5, 0.6) is 11.6 Å². The van der Waals surface area contributed by atoms with Crippen molar-refractivity contribution >= 4 is 11.8 Å². The molecule has 2 rings (SSSR count). The van der Waals surface area contributed by atoms with Crippen LogP contribution in [0.25, 0.3) is 0 Å². The number of rotatable bonds is 5. The maximum absolute atomic E-state index is 5.93. The molecule has 0 amide bonds. The summed E-state index contributed by atoms with van der Waals surface area (Å²) in [6, 6.07) is 10.2. The van der Waals surface area contributed by atoms with Crippen molar-refractivity contribution in [3.05, 3.63) is 47.7 Å². The number of ether oxygens (including phenoxy) is 1. The normalized spacial score (nSPS) is 12.2. The van der Waals surface area contributed by atoms with Crippen molar-refractivity contribution in [2.45, 2.75) is 31.2 Å². The van der Waals surface area contributed by atoms with Crippen LogP contribution in [0.4, 0.5) is 0 Å². The third kappa shape index (κ3) is 3.74. The smallest absolute Gasteiger partial charge is 0.222 e. The Morgan fingerprint density at radius 3 is 2.75 bits per heavy atom. The molecule has 4 heteroatoms. The summed E-state index contributed by atoms with van der Waals surface area (Å²) >= 11 is 1.66. The molecule has 0 aliphatic heterocycles. The van der Waals surface area contributed by atoms with Gasteiger partial charge in [-0.3, -0.25) is 0 Å². The second kappa shape index (κ2) is 6.77. The lowest BCUT2D eigenvalue weighted by molar-refractivity contribution is 0.448. The summed E-state index contributed by atoms with van der Waals surface area (Å²) in [6.45, 7) is 4.00. The minimum atomic E-state index is 0.139. The van der Waals surface area contributed by atoms with E-state index in [9.17, 15) is 0 Å². The summed E-state index contributed by atoms with van der Waals surface area (Å²) in [7, 11) is 0. The summed E-state index contributed by atoms with van der Waals surface area (Å²) in [5.41, 5.74) is 7.98. The lowest BCUT2D eigenvalue weighted by atomic mass is 10.1. The molecule has 3 nitrogen and oxygen atoms in total. The highest BCUT2D eigenvalue weighted by Crippen LogP contribution is 2.31. The van der Waals surface area contributed by atoms with Gasteiger partial charge in [0.1, 0.15) is 5.75 Å². The van der Waals surface area contributed by atoms with Crippen LogP contribution in [0.2, 0.25) is 0 Å². The Kier molecular flexibility index (Phi) is 5.04. The molecule has 1 unspecified atom stereocenters. The molecular weight excluding hydrogens is 268 g/mol. The van der Waals surface area contributed by atoms with E-state index in [-0.39, 0.29) is 6.04 Å². The predicted molar refractivity (Wildman–Crippen MR) is 84.6 cm³/mol. The van der Waals surface area contributed by atoms with Gasteiger partial charge in [0.25, 0.3) is 0 Å². The van der Waals surface area contributed by atoms with Crippen LogP contribution >= 0.6 is 11.8 Å². The monoisotopic (exact) mass is 288 g/mol. The quantitative estimate of drug-likeness (QED) is 0.850. The molecule has 0 aliphatic rings. The minimum Gasteiger partial charge on any atom is -0.438 e. The Morgan fingerprint density at radius 1 is 1.35 bits per heavy atom. The number of hydrogen-bond acceptors (Lipinski definition) is 4. The third-order valence-corrected chi connectivity index (χ3v) is 3.70. The molecule has 0 saturated heterocycles. The number of aryl methyl sites for hydroxylation is 1. The van der Waals surface area contributed by atoms with Gasteiger partial charge in [0.05, 0.1) is 0 Å². The van der Waals surface area contributed by atoms with Crippen molar-refractivity contribution in [1.29, 1.82) is 0 Å². The number of benzene rings is 1. The fourth-order valence-electron chi connectivity index (χ4n) is 2.02. The Balaban J connectivity index is 2.21. The molecule has 0 fully saturated rings. The van der Waals surface area contributed by atoms with E-state index < -0.39 is 0 Å². The van der Waals surface area contributed by atoms with Crippen molar-refractivity contribution in [2.24, 2.45) is 5.73 Å². The van der Waals surface area contributed by atoms with E-state index in [2.05, 4.69) is 11.1 Å². The number of aromatic nitrogens is 1. The molecule has 0 spiro atoms. The van der Waals surface area contributed by atoms with Gasteiger partial charge in [0.2, 0.25) is 5.88 Å². The van der Waals surface area contributed by atoms with Crippen molar-refractivity contribution < 1.29 is 4.74 Å². The molecule has 0 radical (unpaired) electrons. The molecule has 20 heavy (non-hydrogen) atoms. The number of nitrogens with zero attached hydrogens (tertiary/aromatic N) is 1. The average Bonchev–Trinajstić information content (AvgIpc) is 2.42. The van der Waals surface area contributed by atoms with Gasteiger partial charge in [0, 0.05) is 22.7 Å². The summed E-state index contributed by atoms with van der Waals surface area (Å²) in [4.78, 5) is 5.52. The first-order valence-electron chi connectivity index (χ1n) is 6.62. The van der Waals surface area contributed by atoms with Crippen LogP contribution < -0.4 is 10.5 Å². The zero-order chi connectivity index (χ0) is 14.5. The SMILES string of the molecule is CSc1ccccc1Oc1ncc(CC(C)N)cc1C. The molecule has 1 aromatic carbocycles. The van der Waals surface area contributed by atoms with Crippen molar-refractivity contribution in [3.8, 4) is 11.6 Å². The van der Waals surface area contributed by atoms with Crippen molar-refractivity contribution in [1.82, 2.24) is 4.98 Å². The number of hydrogen-bond donors (Lipinski definition) is 1. The predicted octanol–water partition coefficient (Wildman–Crippen LogP) is 3.79. The van der Waals surface area contributed by atoms with Crippen LogP contribution in [0.3, 0.4) is 0 Å². The van der Waals surface area contributed by atoms with Crippen LogP contribution in [-0.4, -0.2) is 17.3 Å².